The minimum absolute atomic E-state index is 0.644. The van der Waals surface area contributed by atoms with Crippen LogP contribution in [0.25, 0.3) is 235 Å². The van der Waals surface area contributed by atoms with Gasteiger partial charge in [0.15, 0.2) is 17.1 Å². The fraction of sp³-hybridized carbons (Fsp3) is 0. The molecule has 0 radical (unpaired) electrons. The molecule has 6 aromatic heterocycles. The molecule has 9 nitrogen and oxygen atoms in total. The molecule has 0 amide bonds. The summed E-state index contributed by atoms with van der Waals surface area (Å²) in [6.07, 6.45) is 0. The molecule has 26 aromatic rings. The van der Waals surface area contributed by atoms with Crippen molar-refractivity contribution >= 4 is 148 Å². The second-order valence-electron chi connectivity index (χ2n) is 33.6. The smallest absolute Gasteiger partial charge is 0.188 e. The Morgan fingerprint density at radius 1 is 0.121 bits per heavy atom. The third kappa shape index (κ3) is 13.2. The first kappa shape index (κ1) is 77.3. The second kappa shape index (κ2) is 32.3. The van der Waals surface area contributed by atoms with E-state index in [0.29, 0.717) is 17.1 Å². The van der Waals surface area contributed by atoms with Gasteiger partial charge in [0, 0.05) is 82.6 Å². The van der Waals surface area contributed by atoms with Crippen LogP contribution in [0.3, 0.4) is 0 Å². The molecule has 0 spiro atoms. The van der Waals surface area contributed by atoms with Crippen molar-refractivity contribution in [1.29, 1.82) is 0 Å². The third-order valence-corrected chi connectivity index (χ3v) is 26.2. The number of hydrogen-bond donors (Lipinski definition) is 0. The van der Waals surface area contributed by atoms with Crippen LogP contribution in [-0.4, -0.2) is 27.4 Å². The molecule has 132 heavy (non-hydrogen) atoms. The maximum Gasteiger partial charge on any atom is 0.188 e. The number of fused-ring (bicyclic) bond motifs is 18. The molecule has 0 saturated carbocycles. The standard InChI is InChI=1S/2C43H27N3.C37H23N3/c1-44-33-21-25-43-39(28-33)38-27-32(20-24-42(38)46(43)35-13-9-12-31(26-35)29-10-3-2-4-11-29)30-18-22-34(23-19-30)45-40-16-7-5-14-36(40)37-15-6-8-17-41(37)45;1-44-33-20-26-43-39(28-33)38-27-32(19-25-42(38)46(43)35-21-15-30(16-22-35)29-9-3-2-4-10-29)31-17-23-34(24-18-31)45-40-13-7-5-11-36(40)37-12-6-8-14-41(37)45;1-38-27-18-22-37-33(24-27)32-23-26(17-21-36(32)39(37)28-9-3-2-4-10-28)25-15-19-29(20-16-25)40-34-13-7-5-11-30(34)31-12-6-8-14-35(31)40/h2*2-28H;2-24H. The van der Waals surface area contributed by atoms with Gasteiger partial charge in [-0.2, -0.15) is 0 Å². The van der Waals surface area contributed by atoms with Crippen LogP contribution in [0.5, 0.6) is 0 Å². The van der Waals surface area contributed by atoms with Crippen molar-refractivity contribution in [2.75, 3.05) is 0 Å². The Balaban J connectivity index is 0.000000110. The van der Waals surface area contributed by atoms with Crippen LogP contribution < -0.4 is 0 Å². The van der Waals surface area contributed by atoms with E-state index in [1.54, 1.807) is 0 Å². The van der Waals surface area contributed by atoms with Crippen molar-refractivity contribution in [2.45, 2.75) is 0 Å². The highest BCUT2D eigenvalue weighted by molar-refractivity contribution is 6.16. The minimum Gasteiger partial charge on any atom is -0.309 e. The van der Waals surface area contributed by atoms with Crippen molar-refractivity contribution in [2.24, 2.45) is 0 Å². The number of rotatable bonds is 11. The van der Waals surface area contributed by atoms with E-state index in [0.717, 1.165) is 133 Å². The monoisotopic (exact) mass is 1680 g/mol. The predicted octanol–water partition coefficient (Wildman–Crippen LogP) is 33.6. The van der Waals surface area contributed by atoms with E-state index in [9.17, 15) is 0 Å². The first-order chi connectivity index (χ1) is 65.3. The molecule has 0 saturated heterocycles. The molecular formula is C123H77N9. The summed E-state index contributed by atoms with van der Waals surface area (Å²) in [6.45, 7) is 22.9. The van der Waals surface area contributed by atoms with Gasteiger partial charge in [-0.15, -0.1) is 0 Å². The molecule has 0 aliphatic carbocycles. The topological polar surface area (TPSA) is 42.7 Å². The lowest BCUT2D eigenvalue weighted by Gasteiger charge is -2.11. The zero-order valence-corrected chi connectivity index (χ0v) is 71.5. The van der Waals surface area contributed by atoms with Crippen molar-refractivity contribution in [3.05, 3.63) is 501 Å². The average molecular weight is 1680 g/mol. The molecule has 614 valence electrons. The molecule has 0 atom stereocenters. The van der Waals surface area contributed by atoms with Crippen LogP contribution in [0.1, 0.15) is 0 Å². The molecule has 0 fully saturated rings. The number of nitrogens with zero attached hydrogens (tertiary/aromatic N) is 9. The molecule has 9 heteroatoms. The van der Waals surface area contributed by atoms with Crippen molar-refractivity contribution in [3.63, 3.8) is 0 Å². The number of aromatic nitrogens is 6. The zero-order valence-electron chi connectivity index (χ0n) is 71.5. The Morgan fingerprint density at radius 2 is 0.303 bits per heavy atom. The summed E-state index contributed by atoms with van der Waals surface area (Å²) in [5.41, 5.74) is 34.2. The summed E-state index contributed by atoms with van der Waals surface area (Å²) >= 11 is 0. The zero-order chi connectivity index (χ0) is 87.9. The van der Waals surface area contributed by atoms with Gasteiger partial charge in [0.2, 0.25) is 0 Å². The highest BCUT2D eigenvalue weighted by Gasteiger charge is 2.22. The molecule has 0 unspecified atom stereocenters. The van der Waals surface area contributed by atoms with E-state index in [4.69, 9.17) is 19.7 Å². The predicted molar refractivity (Wildman–Crippen MR) is 551 cm³/mol. The van der Waals surface area contributed by atoms with Crippen LogP contribution >= 0.6 is 0 Å². The fourth-order valence-corrected chi connectivity index (χ4v) is 20.1. The van der Waals surface area contributed by atoms with Gasteiger partial charge < -0.3 is 27.4 Å². The highest BCUT2D eigenvalue weighted by atomic mass is 15.0. The van der Waals surface area contributed by atoms with Gasteiger partial charge in [-0.3, -0.25) is 0 Å². The SMILES string of the molecule is [C-]#[N+]c1ccc2c(c1)c1cc(-c3ccc(-n4c5ccccc5c5ccccc54)cc3)ccc1n2-c1ccc(-c2ccccc2)cc1.[C-]#[N+]c1ccc2c(c1)c1cc(-c3ccc(-n4c5ccccc5c5ccccc54)cc3)ccc1n2-c1cccc(-c2ccccc2)c1.[C-]#[N+]c1ccc2c(c1)c1cc(-c3ccc(-n4c5ccccc5c5ccccc54)cc3)ccc1n2-c1ccccc1. The normalized spacial score (nSPS) is 11.5. The van der Waals surface area contributed by atoms with E-state index >= 15 is 0 Å². The summed E-state index contributed by atoms with van der Waals surface area (Å²) in [7, 11) is 0. The van der Waals surface area contributed by atoms with Crippen LogP contribution in [0.15, 0.2) is 467 Å². The van der Waals surface area contributed by atoms with E-state index in [2.05, 4.69) is 454 Å². The molecule has 6 heterocycles. The molecule has 0 aliphatic rings. The number of hydrogen-bond acceptors (Lipinski definition) is 0. The van der Waals surface area contributed by atoms with Gasteiger partial charge in [0.1, 0.15) is 0 Å². The van der Waals surface area contributed by atoms with Crippen molar-refractivity contribution in [3.8, 4) is 89.8 Å². The molecule has 0 bridgehead atoms. The Bertz CT molecular complexity index is 9040. The molecule has 0 aliphatic heterocycles. The van der Waals surface area contributed by atoms with Gasteiger partial charge in [0.05, 0.1) is 85.9 Å². The lowest BCUT2D eigenvalue weighted by Crippen LogP contribution is -1.94. The summed E-state index contributed by atoms with van der Waals surface area (Å²) < 4.78 is 14.0. The summed E-state index contributed by atoms with van der Waals surface area (Å²) in [5.74, 6) is 0. The second-order valence-corrected chi connectivity index (χ2v) is 33.6. The summed E-state index contributed by atoms with van der Waals surface area (Å²) in [6, 6.07) is 165. The van der Waals surface area contributed by atoms with E-state index in [1.165, 1.54) is 87.7 Å². The van der Waals surface area contributed by atoms with Gasteiger partial charge in [0.25, 0.3) is 0 Å². The van der Waals surface area contributed by atoms with Crippen LogP contribution in [0.4, 0.5) is 17.1 Å². The van der Waals surface area contributed by atoms with Gasteiger partial charge >= 0.3 is 0 Å². The van der Waals surface area contributed by atoms with E-state index in [1.807, 2.05) is 54.6 Å². The lowest BCUT2D eigenvalue weighted by molar-refractivity contribution is 1.18. The van der Waals surface area contributed by atoms with Crippen LogP contribution in [-0.2, 0) is 0 Å². The van der Waals surface area contributed by atoms with Gasteiger partial charge in [-0.25, -0.2) is 14.5 Å². The fourth-order valence-electron chi connectivity index (χ4n) is 20.1. The minimum atomic E-state index is 0.644. The first-order valence-corrected chi connectivity index (χ1v) is 44.3. The van der Waals surface area contributed by atoms with E-state index < -0.39 is 0 Å². The Kier molecular flexibility index (Phi) is 18.9. The molecule has 26 rings (SSSR count). The van der Waals surface area contributed by atoms with Crippen molar-refractivity contribution < 1.29 is 0 Å². The van der Waals surface area contributed by atoms with Crippen LogP contribution in [0, 0.1) is 19.7 Å². The number of benzene rings is 20. The summed E-state index contributed by atoms with van der Waals surface area (Å²) in [4.78, 5) is 11.2. The molecule has 20 aromatic carbocycles. The third-order valence-electron chi connectivity index (χ3n) is 26.2. The summed E-state index contributed by atoms with van der Waals surface area (Å²) in [5, 5.41) is 14.2. The highest BCUT2D eigenvalue weighted by Crippen LogP contribution is 2.45. The average Bonchev–Trinajstić information content (AvgIpc) is 1.59. The first-order valence-electron chi connectivity index (χ1n) is 44.3. The maximum absolute atomic E-state index is 7.69. The van der Waals surface area contributed by atoms with E-state index in [-0.39, 0.29) is 0 Å². The van der Waals surface area contributed by atoms with Gasteiger partial charge in [-0.1, -0.05) is 285 Å². The van der Waals surface area contributed by atoms with Crippen LogP contribution in [0.2, 0.25) is 0 Å². The number of para-hydroxylation sites is 7. The largest absolute Gasteiger partial charge is 0.309 e. The Hall–Kier alpha value is -18.3. The Labute approximate surface area is 761 Å². The lowest BCUT2D eigenvalue weighted by atomic mass is 10.0. The Morgan fingerprint density at radius 3 is 0.591 bits per heavy atom. The van der Waals surface area contributed by atoms with Gasteiger partial charge in [-0.05, 0) is 254 Å². The molecular weight excluding hydrogens is 1600 g/mol. The van der Waals surface area contributed by atoms with Crippen molar-refractivity contribution in [1.82, 2.24) is 27.4 Å². The quantitative estimate of drug-likeness (QED) is 0.116. The molecule has 0 N–H and O–H groups in total. The maximum atomic E-state index is 7.69.